The number of furan rings is 1. The second-order valence-electron chi connectivity index (χ2n) is 5.86. The van der Waals surface area contributed by atoms with Gasteiger partial charge in [-0.15, -0.1) is 0 Å². The number of carbonyl (C=O) groups excluding carboxylic acids is 2. The first-order valence-electron chi connectivity index (χ1n) is 7.29. The van der Waals surface area contributed by atoms with Gasteiger partial charge in [0.1, 0.15) is 5.76 Å². The Morgan fingerprint density at radius 2 is 2.15 bits per heavy atom. The molecule has 2 bridgehead atoms. The molecule has 2 saturated carbocycles. The molecular formula is C15H20N2O3. The van der Waals surface area contributed by atoms with Crippen LogP contribution >= 0.6 is 0 Å². The first kappa shape index (κ1) is 13.2. The van der Waals surface area contributed by atoms with Gasteiger partial charge in [-0.1, -0.05) is 6.42 Å². The minimum absolute atomic E-state index is 0.0466. The molecule has 108 valence electrons. The zero-order valence-electron chi connectivity index (χ0n) is 11.4. The third-order valence-corrected chi connectivity index (χ3v) is 4.54. The van der Waals surface area contributed by atoms with Crippen LogP contribution in [0.1, 0.15) is 31.4 Å². The SMILES string of the molecule is O=C(CNC(=O)C1CC2CCC1C2)NCc1ccco1. The number of fused-ring (bicyclic) bond motifs is 2. The Morgan fingerprint density at radius 1 is 1.25 bits per heavy atom. The molecule has 3 unspecified atom stereocenters. The monoisotopic (exact) mass is 276 g/mol. The Hall–Kier alpha value is -1.78. The highest BCUT2D eigenvalue weighted by Gasteiger charge is 2.42. The predicted octanol–water partition coefficient (Wildman–Crippen LogP) is 1.45. The molecule has 2 aliphatic carbocycles. The topological polar surface area (TPSA) is 71.3 Å². The lowest BCUT2D eigenvalue weighted by molar-refractivity contribution is -0.129. The van der Waals surface area contributed by atoms with Gasteiger partial charge in [-0.3, -0.25) is 9.59 Å². The lowest BCUT2D eigenvalue weighted by atomic mass is 9.88. The molecule has 2 amide bonds. The Labute approximate surface area is 118 Å². The van der Waals surface area contributed by atoms with E-state index in [2.05, 4.69) is 10.6 Å². The summed E-state index contributed by atoms with van der Waals surface area (Å²) in [6.45, 7) is 0.406. The van der Waals surface area contributed by atoms with Gasteiger partial charge in [0.05, 0.1) is 19.4 Å². The molecule has 20 heavy (non-hydrogen) atoms. The fourth-order valence-electron chi connectivity index (χ4n) is 3.53. The van der Waals surface area contributed by atoms with Crippen LogP contribution in [0.25, 0.3) is 0 Å². The molecular weight excluding hydrogens is 256 g/mol. The van der Waals surface area contributed by atoms with Crippen molar-refractivity contribution in [2.45, 2.75) is 32.2 Å². The van der Waals surface area contributed by atoms with E-state index >= 15 is 0 Å². The maximum atomic E-state index is 12.1. The van der Waals surface area contributed by atoms with Crippen molar-refractivity contribution in [3.05, 3.63) is 24.2 Å². The summed E-state index contributed by atoms with van der Waals surface area (Å²) < 4.78 is 5.12. The van der Waals surface area contributed by atoms with Crippen LogP contribution < -0.4 is 10.6 Å². The molecule has 2 fully saturated rings. The molecule has 0 saturated heterocycles. The van der Waals surface area contributed by atoms with Crippen LogP contribution in [0.2, 0.25) is 0 Å². The van der Waals surface area contributed by atoms with Crippen molar-refractivity contribution in [1.29, 1.82) is 0 Å². The molecule has 1 aromatic rings. The van der Waals surface area contributed by atoms with Gasteiger partial charge in [0.15, 0.2) is 0 Å². The number of rotatable bonds is 5. The van der Waals surface area contributed by atoms with E-state index in [1.165, 1.54) is 19.3 Å². The highest BCUT2D eigenvalue weighted by molar-refractivity contribution is 5.86. The van der Waals surface area contributed by atoms with E-state index < -0.39 is 0 Å². The van der Waals surface area contributed by atoms with Crippen molar-refractivity contribution in [2.75, 3.05) is 6.54 Å². The van der Waals surface area contributed by atoms with Crippen LogP contribution in [0.5, 0.6) is 0 Å². The molecule has 5 heteroatoms. The van der Waals surface area contributed by atoms with Gasteiger partial charge < -0.3 is 15.1 Å². The molecule has 2 N–H and O–H groups in total. The van der Waals surface area contributed by atoms with E-state index in [4.69, 9.17) is 4.42 Å². The fourth-order valence-corrected chi connectivity index (χ4v) is 3.53. The van der Waals surface area contributed by atoms with E-state index in [1.54, 1.807) is 18.4 Å². The van der Waals surface area contributed by atoms with Gasteiger partial charge in [-0.25, -0.2) is 0 Å². The third-order valence-electron chi connectivity index (χ3n) is 4.54. The summed E-state index contributed by atoms with van der Waals surface area (Å²) in [5, 5.41) is 5.48. The van der Waals surface area contributed by atoms with Crippen molar-refractivity contribution >= 4 is 11.8 Å². The minimum Gasteiger partial charge on any atom is -0.467 e. The highest BCUT2D eigenvalue weighted by Crippen LogP contribution is 2.48. The summed E-state index contributed by atoms with van der Waals surface area (Å²) in [7, 11) is 0. The molecule has 2 aliphatic rings. The van der Waals surface area contributed by atoms with E-state index in [1.807, 2.05) is 0 Å². The number of hydrogen-bond donors (Lipinski definition) is 2. The summed E-state index contributed by atoms with van der Waals surface area (Å²) in [6, 6.07) is 3.58. The molecule has 0 spiro atoms. The summed E-state index contributed by atoms with van der Waals surface area (Å²) in [5.74, 6) is 1.99. The molecule has 3 rings (SSSR count). The van der Waals surface area contributed by atoms with Crippen LogP contribution in [0, 0.1) is 17.8 Å². The Kier molecular flexibility index (Phi) is 3.76. The highest BCUT2D eigenvalue weighted by atomic mass is 16.3. The van der Waals surface area contributed by atoms with Crippen LogP contribution in [-0.4, -0.2) is 18.4 Å². The van der Waals surface area contributed by atoms with E-state index in [0.717, 1.165) is 12.3 Å². The van der Waals surface area contributed by atoms with Gasteiger partial charge in [0, 0.05) is 5.92 Å². The van der Waals surface area contributed by atoms with Crippen LogP contribution in [0.4, 0.5) is 0 Å². The number of hydrogen-bond acceptors (Lipinski definition) is 3. The van der Waals surface area contributed by atoms with Crippen molar-refractivity contribution in [3.63, 3.8) is 0 Å². The van der Waals surface area contributed by atoms with Crippen molar-refractivity contribution in [2.24, 2.45) is 17.8 Å². The van der Waals surface area contributed by atoms with Crippen LogP contribution in [0.15, 0.2) is 22.8 Å². The number of nitrogens with one attached hydrogen (secondary N) is 2. The molecule has 1 heterocycles. The largest absolute Gasteiger partial charge is 0.467 e. The zero-order chi connectivity index (χ0) is 13.9. The molecule has 5 nitrogen and oxygen atoms in total. The van der Waals surface area contributed by atoms with Gasteiger partial charge in [-0.05, 0) is 43.2 Å². The van der Waals surface area contributed by atoms with Gasteiger partial charge in [0.25, 0.3) is 0 Å². The zero-order valence-corrected chi connectivity index (χ0v) is 11.4. The van der Waals surface area contributed by atoms with Crippen LogP contribution in [-0.2, 0) is 16.1 Å². The molecule has 1 aromatic heterocycles. The smallest absolute Gasteiger partial charge is 0.239 e. The van der Waals surface area contributed by atoms with Crippen molar-refractivity contribution in [1.82, 2.24) is 10.6 Å². The first-order chi connectivity index (χ1) is 9.72. The summed E-state index contributed by atoms with van der Waals surface area (Å²) in [5.41, 5.74) is 0. The Balaban J connectivity index is 1.38. The molecule has 0 radical (unpaired) electrons. The second-order valence-corrected chi connectivity index (χ2v) is 5.86. The number of carbonyl (C=O) groups is 2. The molecule has 0 aromatic carbocycles. The summed E-state index contributed by atoms with van der Waals surface area (Å²) in [4.78, 5) is 23.7. The minimum atomic E-state index is -0.182. The Morgan fingerprint density at radius 3 is 2.80 bits per heavy atom. The van der Waals surface area contributed by atoms with Gasteiger partial charge in [0.2, 0.25) is 11.8 Å². The summed E-state index contributed by atoms with van der Waals surface area (Å²) >= 11 is 0. The second kappa shape index (κ2) is 5.69. The predicted molar refractivity (Wildman–Crippen MR) is 72.5 cm³/mol. The fraction of sp³-hybridized carbons (Fsp3) is 0.600. The summed E-state index contributed by atoms with van der Waals surface area (Å²) in [6.07, 6.45) is 6.22. The normalized spacial score (nSPS) is 27.5. The van der Waals surface area contributed by atoms with Crippen molar-refractivity contribution < 1.29 is 14.0 Å². The quantitative estimate of drug-likeness (QED) is 0.855. The van der Waals surface area contributed by atoms with E-state index in [0.29, 0.717) is 18.2 Å². The molecule has 3 atom stereocenters. The third kappa shape index (κ3) is 2.86. The maximum Gasteiger partial charge on any atom is 0.239 e. The van der Waals surface area contributed by atoms with E-state index in [9.17, 15) is 9.59 Å². The lowest BCUT2D eigenvalue weighted by Crippen LogP contribution is -2.40. The maximum absolute atomic E-state index is 12.1. The van der Waals surface area contributed by atoms with E-state index in [-0.39, 0.29) is 24.3 Å². The first-order valence-corrected chi connectivity index (χ1v) is 7.29. The Bertz CT molecular complexity index is 483. The average molecular weight is 276 g/mol. The lowest BCUT2D eigenvalue weighted by Gasteiger charge is -2.20. The van der Waals surface area contributed by atoms with Crippen molar-refractivity contribution in [3.8, 4) is 0 Å². The van der Waals surface area contributed by atoms with Gasteiger partial charge >= 0.3 is 0 Å². The van der Waals surface area contributed by atoms with Gasteiger partial charge in [-0.2, -0.15) is 0 Å². The number of amides is 2. The molecule has 0 aliphatic heterocycles. The standard InChI is InChI=1S/C15H20N2O3/c18-14(16-8-12-2-1-5-20-12)9-17-15(19)13-7-10-3-4-11(13)6-10/h1-2,5,10-11,13H,3-4,6-9H2,(H,16,18)(H,17,19). The average Bonchev–Trinajstić information content (AvgIpc) is 3.18. The van der Waals surface area contributed by atoms with Crippen LogP contribution in [0.3, 0.4) is 0 Å².